The molecule has 0 bridgehead atoms. The summed E-state index contributed by atoms with van der Waals surface area (Å²) in [6.07, 6.45) is 2.42. The lowest BCUT2D eigenvalue weighted by molar-refractivity contribution is 0.262. The second-order valence-electron chi connectivity index (χ2n) is 7.42. The minimum atomic E-state index is 0.216. The van der Waals surface area contributed by atoms with Crippen LogP contribution >= 0.6 is 0 Å². The fourth-order valence-corrected chi connectivity index (χ4v) is 2.97. The van der Waals surface area contributed by atoms with Gasteiger partial charge in [-0.15, -0.1) is 0 Å². The molecule has 0 radical (unpaired) electrons. The molecule has 1 heterocycles. The van der Waals surface area contributed by atoms with Crippen LogP contribution in [0.2, 0.25) is 0 Å². The van der Waals surface area contributed by atoms with Crippen LogP contribution in [0.3, 0.4) is 0 Å². The van der Waals surface area contributed by atoms with Crippen molar-refractivity contribution in [3.05, 3.63) is 65.2 Å². The van der Waals surface area contributed by atoms with Crippen LogP contribution in [0.1, 0.15) is 30.5 Å². The van der Waals surface area contributed by atoms with Crippen molar-refractivity contribution in [1.82, 2.24) is 0 Å². The summed E-state index contributed by atoms with van der Waals surface area (Å²) in [4.78, 5) is 0. The fraction of sp³-hybridized carbons (Fsp3) is 0.429. The molecule has 1 atom stereocenters. The van der Waals surface area contributed by atoms with Crippen LogP contribution in [-0.2, 0) is 17.6 Å². The summed E-state index contributed by atoms with van der Waals surface area (Å²) >= 11 is 0. The Morgan fingerprint density at radius 1 is 1.04 bits per heavy atom. The molecule has 0 aliphatic carbocycles. The number of aryl methyl sites for hydroxylation is 1. The van der Waals surface area contributed by atoms with Crippen LogP contribution in [0, 0.1) is 12.3 Å². The zero-order chi connectivity index (χ0) is 16.3. The number of rotatable bonds is 7. The number of hydrogen-bond donors (Lipinski definition) is 0. The van der Waals surface area contributed by atoms with Gasteiger partial charge in [-0.3, -0.25) is 0 Å². The van der Waals surface area contributed by atoms with Crippen LogP contribution in [0.25, 0.3) is 0 Å². The molecular formula is C21H26O2. The molecule has 1 saturated heterocycles. The molecule has 2 heteroatoms. The average Bonchev–Trinajstić information content (AvgIpc) is 3.31. The minimum Gasteiger partial charge on any atom is -0.491 e. The molecule has 23 heavy (non-hydrogen) atoms. The first-order valence-corrected chi connectivity index (χ1v) is 8.39. The molecule has 1 unspecified atom stereocenters. The van der Waals surface area contributed by atoms with Gasteiger partial charge in [-0.05, 0) is 48.4 Å². The first-order chi connectivity index (χ1) is 11.0. The zero-order valence-electron chi connectivity index (χ0n) is 14.3. The molecule has 2 aromatic rings. The molecule has 0 spiro atoms. The maximum Gasteiger partial charge on any atom is 0.119 e. The summed E-state index contributed by atoms with van der Waals surface area (Å²) in [5.74, 6) is 0.948. The maximum absolute atomic E-state index is 5.79. The van der Waals surface area contributed by atoms with Gasteiger partial charge >= 0.3 is 0 Å². The van der Waals surface area contributed by atoms with Crippen molar-refractivity contribution in [1.29, 1.82) is 0 Å². The highest BCUT2D eigenvalue weighted by molar-refractivity contribution is 5.30. The highest BCUT2D eigenvalue weighted by Crippen LogP contribution is 2.28. The van der Waals surface area contributed by atoms with Crippen molar-refractivity contribution >= 4 is 0 Å². The van der Waals surface area contributed by atoms with E-state index >= 15 is 0 Å². The maximum atomic E-state index is 5.79. The first kappa shape index (κ1) is 16.1. The van der Waals surface area contributed by atoms with E-state index in [1.807, 2.05) is 6.07 Å². The molecule has 0 N–H and O–H groups in total. The van der Waals surface area contributed by atoms with E-state index in [1.54, 1.807) is 0 Å². The zero-order valence-corrected chi connectivity index (χ0v) is 14.3. The Hall–Kier alpha value is -1.80. The fourth-order valence-electron chi connectivity index (χ4n) is 2.97. The van der Waals surface area contributed by atoms with Gasteiger partial charge in [0.1, 0.15) is 18.5 Å². The normalized spacial score (nSPS) is 17.1. The third kappa shape index (κ3) is 5.11. The van der Waals surface area contributed by atoms with E-state index in [4.69, 9.17) is 9.47 Å². The third-order valence-electron chi connectivity index (χ3n) is 4.22. The van der Waals surface area contributed by atoms with Crippen molar-refractivity contribution in [3.63, 3.8) is 0 Å². The van der Waals surface area contributed by atoms with Crippen molar-refractivity contribution < 1.29 is 9.47 Å². The average molecular weight is 310 g/mol. The van der Waals surface area contributed by atoms with Gasteiger partial charge in [-0.1, -0.05) is 55.8 Å². The largest absolute Gasteiger partial charge is 0.491 e. The van der Waals surface area contributed by atoms with Gasteiger partial charge < -0.3 is 9.47 Å². The topological polar surface area (TPSA) is 21.8 Å². The Kier molecular flexibility index (Phi) is 4.72. The minimum absolute atomic E-state index is 0.216. The Bertz CT molecular complexity index is 639. The standard InChI is InChI=1S/C21H26O2/c1-16-7-9-17(10-8-16)12-21(2,3)13-18-5-4-6-19(11-18)22-14-20-15-23-20/h4-11,20H,12-15H2,1-3H3. The summed E-state index contributed by atoms with van der Waals surface area (Å²) in [5.41, 5.74) is 4.26. The van der Waals surface area contributed by atoms with Crippen molar-refractivity contribution in [2.45, 2.75) is 39.7 Å². The summed E-state index contributed by atoms with van der Waals surface area (Å²) in [5, 5.41) is 0. The molecule has 0 aromatic heterocycles. The lowest BCUT2D eigenvalue weighted by Crippen LogP contribution is -2.18. The first-order valence-electron chi connectivity index (χ1n) is 8.39. The van der Waals surface area contributed by atoms with Crippen LogP contribution < -0.4 is 4.74 Å². The van der Waals surface area contributed by atoms with Crippen molar-refractivity contribution in [2.75, 3.05) is 13.2 Å². The van der Waals surface area contributed by atoms with Crippen LogP contribution in [0.15, 0.2) is 48.5 Å². The van der Waals surface area contributed by atoms with Gasteiger partial charge in [0.25, 0.3) is 0 Å². The monoisotopic (exact) mass is 310 g/mol. The molecule has 0 saturated carbocycles. The van der Waals surface area contributed by atoms with Gasteiger partial charge in [0, 0.05) is 0 Å². The summed E-state index contributed by atoms with van der Waals surface area (Å²) < 4.78 is 11.0. The van der Waals surface area contributed by atoms with Crippen LogP contribution in [-0.4, -0.2) is 19.3 Å². The number of ether oxygens (including phenoxy) is 2. The van der Waals surface area contributed by atoms with E-state index < -0.39 is 0 Å². The quantitative estimate of drug-likeness (QED) is 0.698. The molecule has 122 valence electrons. The summed E-state index contributed by atoms with van der Waals surface area (Å²) in [7, 11) is 0. The second kappa shape index (κ2) is 6.76. The van der Waals surface area contributed by atoms with Crippen molar-refractivity contribution in [2.24, 2.45) is 5.41 Å². The Labute approximate surface area is 139 Å². The Balaban J connectivity index is 1.61. The Morgan fingerprint density at radius 3 is 2.43 bits per heavy atom. The van der Waals surface area contributed by atoms with E-state index in [2.05, 4.69) is 63.2 Å². The van der Waals surface area contributed by atoms with E-state index in [9.17, 15) is 0 Å². The van der Waals surface area contributed by atoms with E-state index in [1.165, 1.54) is 16.7 Å². The van der Waals surface area contributed by atoms with Gasteiger partial charge in [0.05, 0.1) is 6.61 Å². The number of epoxide rings is 1. The van der Waals surface area contributed by atoms with E-state index in [0.29, 0.717) is 12.7 Å². The number of hydrogen-bond acceptors (Lipinski definition) is 2. The molecule has 2 aromatic carbocycles. The lowest BCUT2D eigenvalue weighted by atomic mass is 9.80. The van der Waals surface area contributed by atoms with Crippen molar-refractivity contribution in [3.8, 4) is 5.75 Å². The van der Waals surface area contributed by atoms with E-state index in [-0.39, 0.29) is 5.41 Å². The van der Waals surface area contributed by atoms with Gasteiger partial charge in [-0.25, -0.2) is 0 Å². The molecule has 1 fully saturated rings. The number of benzene rings is 2. The molecule has 1 aliphatic rings. The van der Waals surface area contributed by atoms with Gasteiger partial charge in [0.2, 0.25) is 0 Å². The predicted octanol–water partition coefficient (Wildman–Crippen LogP) is 4.58. The summed E-state index contributed by atoms with van der Waals surface area (Å²) in [6.45, 7) is 8.30. The highest BCUT2D eigenvalue weighted by atomic mass is 16.6. The molecule has 3 rings (SSSR count). The highest BCUT2D eigenvalue weighted by Gasteiger charge is 2.23. The van der Waals surface area contributed by atoms with Gasteiger partial charge in [-0.2, -0.15) is 0 Å². The predicted molar refractivity (Wildman–Crippen MR) is 94.0 cm³/mol. The van der Waals surface area contributed by atoms with Crippen LogP contribution in [0.5, 0.6) is 5.75 Å². The molecule has 1 aliphatic heterocycles. The third-order valence-corrected chi connectivity index (χ3v) is 4.22. The summed E-state index contributed by atoms with van der Waals surface area (Å²) in [6, 6.07) is 17.3. The lowest BCUT2D eigenvalue weighted by Gasteiger charge is -2.25. The molecule has 0 amide bonds. The van der Waals surface area contributed by atoms with Crippen LogP contribution in [0.4, 0.5) is 0 Å². The SMILES string of the molecule is Cc1ccc(CC(C)(C)Cc2cccc(OCC3CO3)c2)cc1. The Morgan fingerprint density at radius 2 is 1.74 bits per heavy atom. The van der Waals surface area contributed by atoms with E-state index in [0.717, 1.165) is 25.2 Å². The van der Waals surface area contributed by atoms with Gasteiger partial charge in [0.15, 0.2) is 0 Å². The second-order valence-corrected chi connectivity index (χ2v) is 7.42. The smallest absolute Gasteiger partial charge is 0.119 e. The molecule has 2 nitrogen and oxygen atoms in total. The molecular weight excluding hydrogens is 284 g/mol.